The van der Waals surface area contributed by atoms with E-state index in [1.54, 1.807) is 30.2 Å². The summed E-state index contributed by atoms with van der Waals surface area (Å²) in [6, 6.07) is 6.87. The van der Waals surface area contributed by atoms with E-state index in [2.05, 4.69) is 34.6 Å². The molecule has 1 aliphatic rings. The van der Waals surface area contributed by atoms with Crippen LogP contribution in [0, 0.1) is 6.92 Å². The number of aryl methyl sites for hydroxylation is 1. The number of aromatic nitrogens is 2. The van der Waals surface area contributed by atoms with Gasteiger partial charge in [0.25, 0.3) is 0 Å². The zero-order chi connectivity index (χ0) is 13.9. The van der Waals surface area contributed by atoms with E-state index in [9.17, 15) is 0 Å². The maximum Gasteiger partial charge on any atom is 0.206 e. The Balaban J connectivity index is 1.63. The quantitative estimate of drug-likeness (QED) is 0.824. The van der Waals surface area contributed by atoms with Crippen molar-refractivity contribution in [1.82, 2.24) is 10.2 Å². The lowest BCUT2D eigenvalue weighted by atomic mass is 10.1. The Hall–Kier alpha value is -1.27. The van der Waals surface area contributed by atoms with Crippen LogP contribution in [-0.2, 0) is 5.75 Å². The van der Waals surface area contributed by atoms with Gasteiger partial charge in [0, 0.05) is 17.4 Å². The Morgan fingerprint density at radius 3 is 3.00 bits per heavy atom. The maximum atomic E-state index is 5.40. The number of anilines is 1. The van der Waals surface area contributed by atoms with Gasteiger partial charge in [0.2, 0.25) is 5.13 Å². The molecule has 0 amide bonds. The first kappa shape index (κ1) is 13.7. The summed E-state index contributed by atoms with van der Waals surface area (Å²) in [5, 5.41) is 12.7. The van der Waals surface area contributed by atoms with Gasteiger partial charge in [0.1, 0.15) is 5.75 Å². The second kappa shape index (κ2) is 6.01. The predicted molar refractivity (Wildman–Crippen MR) is 83.8 cm³/mol. The lowest BCUT2D eigenvalue weighted by Gasteiger charge is -2.08. The highest BCUT2D eigenvalue weighted by molar-refractivity contribution is 8.00. The molecule has 2 aromatic rings. The van der Waals surface area contributed by atoms with Crippen molar-refractivity contribution in [3.8, 4) is 5.75 Å². The number of hydrogen-bond acceptors (Lipinski definition) is 6. The van der Waals surface area contributed by atoms with Crippen LogP contribution in [0.4, 0.5) is 5.13 Å². The Labute approximate surface area is 127 Å². The fourth-order valence-corrected chi connectivity index (χ4v) is 3.70. The number of methoxy groups -OCH3 is 1. The molecule has 1 saturated carbocycles. The molecule has 20 heavy (non-hydrogen) atoms. The van der Waals surface area contributed by atoms with Crippen LogP contribution in [0.2, 0.25) is 0 Å². The number of thioether (sulfide) groups is 1. The highest BCUT2D eigenvalue weighted by Gasteiger charge is 2.22. The highest BCUT2D eigenvalue weighted by atomic mass is 32.2. The van der Waals surface area contributed by atoms with Crippen molar-refractivity contribution in [3.05, 3.63) is 29.3 Å². The minimum absolute atomic E-state index is 0.623. The molecule has 0 aliphatic heterocycles. The lowest BCUT2D eigenvalue weighted by molar-refractivity contribution is 0.411. The van der Waals surface area contributed by atoms with Crippen LogP contribution >= 0.6 is 23.1 Å². The normalized spacial score (nSPS) is 14.3. The predicted octanol–water partition coefficient (Wildman–Crippen LogP) is 3.72. The van der Waals surface area contributed by atoms with Gasteiger partial charge in [-0.05, 0) is 25.8 Å². The molecule has 6 heteroatoms. The van der Waals surface area contributed by atoms with Crippen molar-refractivity contribution in [2.24, 2.45) is 0 Å². The first-order valence-electron chi connectivity index (χ1n) is 6.61. The molecule has 0 radical (unpaired) electrons. The summed E-state index contributed by atoms with van der Waals surface area (Å²) in [6.07, 6.45) is 2.51. The standard InChI is InChI=1S/C14H17N3OS2/c1-9-3-6-12(18-2)10(7-9)8-19-14-17-16-13(20-14)15-11-4-5-11/h3,6-7,11H,4-5,8H2,1-2H3,(H,15,16). The molecule has 1 aromatic heterocycles. The van der Waals surface area contributed by atoms with Crippen LogP contribution in [0.5, 0.6) is 5.75 Å². The zero-order valence-corrected chi connectivity index (χ0v) is 13.2. The van der Waals surface area contributed by atoms with Crippen LogP contribution in [0.25, 0.3) is 0 Å². The van der Waals surface area contributed by atoms with Crippen molar-refractivity contribution >= 4 is 28.2 Å². The third kappa shape index (κ3) is 3.43. The smallest absolute Gasteiger partial charge is 0.206 e. The fraction of sp³-hybridized carbons (Fsp3) is 0.429. The third-order valence-electron chi connectivity index (χ3n) is 3.10. The summed E-state index contributed by atoms with van der Waals surface area (Å²) in [4.78, 5) is 0. The molecule has 1 fully saturated rings. The van der Waals surface area contributed by atoms with Crippen LogP contribution < -0.4 is 10.1 Å². The van der Waals surface area contributed by atoms with Crippen molar-refractivity contribution < 1.29 is 4.74 Å². The Bertz CT molecular complexity index is 596. The minimum atomic E-state index is 0.623. The topological polar surface area (TPSA) is 47.0 Å². The van der Waals surface area contributed by atoms with Gasteiger partial charge in [0.15, 0.2) is 4.34 Å². The second-order valence-electron chi connectivity index (χ2n) is 4.90. The number of ether oxygens (including phenoxy) is 1. The van der Waals surface area contributed by atoms with Crippen LogP contribution in [-0.4, -0.2) is 23.3 Å². The van der Waals surface area contributed by atoms with Gasteiger partial charge in [-0.15, -0.1) is 10.2 Å². The van der Waals surface area contributed by atoms with Crippen molar-refractivity contribution in [3.63, 3.8) is 0 Å². The summed E-state index contributed by atoms with van der Waals surface area (Å²) in [6.45, 7) is 2.09. The van der Waals surface area contributed by atoms with Crippen LogP contribution in [0.1, 0.15) is 24.0 Å². The number of nitrogens with zero attached hydrogens (tertiary/aromatic N) is 2. The maximum absolute atomic E-state index is 5.40. The lowest BCUT2D eigenvalue weighted by Crippen LogP contribution is -1.99. The van der Waals surface area contributed by atoms with Gasteiger partial charge >= 0.3 is 0 Å². The van der Waals surface area contributed by atoms with Gasteiger partial charge in [-0.3, -0.25) is 0 Å². The summed E-state index contributed by atoms with van der Waals surface area (Å²) in [5.74, 6) is 1.78. The molecular weight excluding hydrogens is 290 g/mol. The molecule has 0 atom stereocenters. The molecule has 1 aromatic carbocycles. The molecule has 0 spiro atoms. The van der Waals surface area contributed by atoms with E-state index < -0.39 is 0 Å². The first-order valence-corrected chi connectivity index (χ1v) is 8.41. The monoisotopic (exact) mass is 307 g/mol. The van der Waals surface area contributed by atoms with E-state index in [-0.39, 0.29) is 0 Å². The molecule has 4 nitrogen and oxygen atoms in total. The average Bonchev–Trinajstić information content (AvgIpc) is 3.14. The summed E-state index contributed by atoms with van der Waals surface area (Å²) in [7, 11) is 1.71. The largest absolute Gasteiger partial charge is 0.496 e. The Morgan fingerprint density at radius 2 is 2.25 bits per heavy atom. The molecule has 0 unspecified atom stereocenters. The molecule has 1 N–H and O–H groups in total. The molecule has 3 rings (SSSR count). The van der Waals surface area contributed by atoms with E-state index in [0.29, 0.717) is 6.04 Å². The number of nitrogens with one attached hydrogen (secondary N) is 1. The molecule has 1 aliphatic carbocycles. The molecule has 0 bridgehead atoms. The SMILES string of the molecule is COc1ccc(C)cc1CSc1nnc(NC2CC2)s1. The Morgan fingerprint density at radius 1 is 1.40 bits per heavy atom. The number of hydrogen-bond donors (Lipinski definition) is 1. The van der Waals surface area contributed by atoms with E-state index >= 15 is 0 Å². The minimum Gasteiger partial charge on any atom is -0.496 e. The van der Waals surface area contributed by atoms with Gasteiger partial charge in [-0.25, -0.2) is 0 Å². The molecule has 0 saturated heterocycles. The van der Waals surface area contributed by atoms with E-state index in [4.69, 9.17) is 4.74 Å². The average molecular weight is 307 g/mol. The van der Waals surface area contributed by atoms with Crippen molar-refractivity contribution in [2.75, 3.05) is 12.4 Å². The molecule has 106 valence electrons. The molecular formula is C14H17N3OS2. The first-order chi connectivity index (χ1) is 9.74. The van der Waals surface area contributed by atoms with Gasteiger partial charge < -0.3 is 10.1 Å². The van der Waals surface area contributed by atoms with Gasteiger partial charge in [0.05, 0.1) is 7.11 Å². The summed E-state index contributed by atoms with van der Waals surface area (Å²) < 4.78 is 6.39. The highest BCUT2D eigenvalue weighted by Crippen LogP contribution is 2.33. The summed E-state index contributed by atoms with van der Waals surface area (Å²) in [5.41, 5.74) is 2.44. The van der Waals surface area contributed by atoms with Crippen molar-refractivity contribution in [1.29, 1.82) is 0 Å². The van der Waals surface area contributed by atoms with E-state index in [1.807, 2.05) is 6.07 Å². The van der Waals surface area contributed by atoms with Crippen LogP contribution in [0.15, 0.2) is 22.5 Å². The van der Waals surface area contributed by atoms with E-state index in [1.165, 1.54) is 24.0 Å². The second-order valence-corrected chi connectivity index (χ2v) is 7.10. The fourth-order valence-electron chi connectivity index (χ4n) is 1.89. The molecule has 1 heterocycles. The van der Waals surface area contributed by atoms with Gasteiger partial charge in [-0.1, -0.05) is 40.8 Å². The number of rotatable bonds is 6. The Kier molecular flexibility index (Phi) is 4.12. The van der Waals surface area contributed by atoms with Crippen LogP contribution in [0.3, 0.4) is 0 Å². The van der Waals surface area contributed by atoms with Gasteiger partial charge in [-0.2, -0.15) is 0 Å². The number of benzene rings is 1. The summed E-state index contributed by atoms with van der Waals surface area (Å²) >= 11 is 3.33. The van der Waals surface area contributed by atoms with E-state index in [0.717, 1.165) is 21.0 Å². The zero-order valence-electron chi connectivity index (χ0n) is 11.5. The van der Waals surface area contributed by atoms with Crippen molar-refractivity contribution in [2.45, 2.75) is 35.9 Å². The third-order valence-corrected chi connectivity index (χ3v) is 5.14.